The topological polar surface area (TPSA) is 60.4 Å². The molecule has 0 aliphatic heterocycles. The van der Waals surface area contributed by atoms with Crippen LogP contribution in [0.1, 0.15) is 11.3 Å². The Kier molecular flexibility index (Phi) is 6.63. The molecule has 3 nitrogen and oxygen atoms in total. The Morgan fingerprint density at radius 1 is 1.69 bits per heavy atom. The monoisotopic (exact) mass is 208 g/mol. The van der Waals surface area contributed by atoms with E-state index in [1.807, 2.05) is 17.5 Å². The molecule has 0 bridgehead atoms. The van der Waals surface area contributed by atoms with Crippen molar-refractivity contribution in [1.29, 1.82) is 0 Å². The maximum Gasteiger partial charge on any atom is 1.00 e. The van der Waals surface area contributed by atoms with E-state index in [-0.39, 0.29) is 36.0 Å². The van der Waals surface area contributed by atoms with Crippen LogP contribution >= 0.6 is 11.3 Å². The number of carboxylic acids is 1. The summed E-state index contributed by atoms with van der Waals surface area (Å²) in [5.41, 5.74) is 0. The molecular formula is C8H9NaO3S. The van der Waals surface area contributed by atoms with Crippen LogP contribution in [0, 0.1) is 0 Å². The number of aliphatic hydroxyl groups is 1. The van der Waals surface area contributed by atoms with E-state index in [4.69, 9.17) is 5.11 Å². The predicted octanol–water partition coefficient (Wildman–Crippen LogP) is -3.20. The van der Waals surface area contributed by atoms with E-state index in [2.05, 4.69) is 0 Å². The van der Waals surface area contributed by atoms with E-state index in [1.165, 1.54) is 0 Å². The van der Waals surface area contributed by atoms with E-state index in [1.54, 1.807) is 11.3 Å². The number of hydrogen-bond acceptors (Lipinski definition) is 4. The third-order valence-electron chi connectivity index (χ3n) is 1.52. The van der Waals surface area contributed by atoms with Crippen LogP contribution in [0.15, 0.2) is 17.5 Å². The Bertz CT molecular complexity index is 248. The standard InChI is InChI=1S/C8H10O3S.Na/c9-7(8(10)11)4-3-6-2-1-5-12-6;/h1-2,5,7,9H,3-4H2,(H,10,11);/q;+1/p-1. The molecule has 66 valence electrons. The third kappa shape index (κ3) is 4.78. The van der Waals surface area contributed by atoms with Crippen molar-refractivity contribution in [2.75, 3.05) is 0 Å². The number of aliphatic hydroxyl groups excluding tert-OH is 1. The van der Waals surface area contributed by atoms with Gasteiger partial charge in [-0.05, 0) is 24.3 Å². The molecule has 0 fully saturated rings. The van der Waals surface area contributed by atoms with E-state index in [0.29, 0.717) is 6.42 Å². The molecule has 1 aromatic heterocycles. The summed E-state index contributed by atoms with van der Waals surface area (Å²) in [6, 6.07) is 3.80. The normalized spacial score (nSPS) is 11.8. The molecule has 1 rings (SSSR count). The Hall–Kier alpha value is 0.130. The molecule has 0 aromatic carbocycles. The summed E-state index contributed by atoms with van der Waals surface area (Å²) in [5.74, 6) is -1.40. The second-order valence-corrected chi connectivity index (χ2v) is 3.49. The molecule has 0 saturated heterocycles. The van der Waals surface area contributed by atoms with E-state index >= 15 is 0 Å². The average molecular weight is 208 g/mol. The van der Waals surface area contributed by atoms with Crippen LogP contribution in [0.5, 0.6) is 0 Å². The van der Waals surface area contributed by atoms with E-state index in [0.717, 1.165) is 4.88 Å². The minimum atomic E-state index is -1.40. The fraction of sp³-hybridized carbons (Fsp3) is 0.375. The van der Waals surface area contributed by atoms with Crippen LogP contribution in [-0.2, 0) is 11.2 Å². The molecular weight excluding hydrogens is 199 g/mol. The fourth-order valence-electron chi connectivity index (χ4n) is 0.852. The largest absolute Gasteiger partial charge is 1.00 e. The number of carbonyl (C=O) groups is 1. The number of rotatable bonds is 4. The summed E-state index contributed by atoms with van der Waals surface area (Å²) in [4.78, 5) is 11.2. The van der Waals surface area contributed by atoms with Crippen molar-refractivity contribution in [3.8, 4) is 0 Å². The van der Waals surface area contributed by atoms with Gasteiger partial charge in [-0.1, -0.05) is 6.07 Å². The average Bonchev–Trinajstić information content (AvgIpc) is 2.51. The zero-order valence-electron chi connectivity index (χ0n) is 7.40. The van der Waals surface area contributed by atoms with Gasteiger partial charge in [-0.3, -0.25) is 0 Å². The van der Waals surface area contributed by atoms with Crippen molar-refractivity contribution in [3.63, 3.8) is 0 Å². The van der Waals surface area contributed by atoms with Gasteiger partial charge < -0.3 is 15.0 Å². The molecule has 1 atom stereocenters. The molecule has 0 aliphatic rings. The van der Waals surface area contributed by atoms with E-state index in [9.17, 15) is 9.90 Å². The van der Waals surface area contributed by atoms with Gasteiger partial charge in [0.25, 0.3) is 0 Å². The first-order valence-corrected chi connectivity index (χ1v) is 4.49. The Labute approximate surface area is 103 Å². The Morgan fingerprint density at radius 2 is 2.38 bits per heavy atom. The van der Waals surface area contributed by atoms with Gasteiger partial charge in [-0.15, -0.1) is 11.3 Å². The number of thiophene rings is 1. The Morgan fingerprint density at radius 3 is 2.85 bits per heavy atom. The number of hydrogen-bond donors (Lipinski definition) is 1. The molecule has 1 N–H and O–H groups in total. The summed E-state index contributed by atoms with van der Waals surface area (Å²) in [6.45, 7) is 0. The molecule has 5 heteroatoms. The van der Waals surface area contributed by atoms with Gasteiger partial charge in [0.15, 0.2) is 0 Å². The van der Waals surface area contributed by atoms with Gasteiger partial charge in [0.05, 0.1) is 12.1 Å². The molecule has 0 radical (unpaired) electrons. The minimum Gasteiger partial charge on any atom is -0.547 e. The van der Waals surface area contributed by atoms with E-state index < -0.39 is 12.1 Å². The fourth-order valence-corrected chi connectivity index (χ4v) is 1.58. The molecule has 0 amide bonds. The predicted molar refractivity (Wildman–Crippen MR) is 43.7 cm³/mol. The molecule has 0 spiro atoms. The van der Waals surface area contributed by atoms with Crippen molar-refractivity contribution in [1.82, 2.24) is 0 Å². The molecule has 0 saturated carbocycles. The molecule has 1 unspecified atom stereocenters. The summed E-state index contributed by atoms with van der Waals surface area (Å²) >= 11 is 1.55. The van der Waals surface area contributed by atoms with Gasteiger partial charge in [0.2, 0.25) is 0 Å². The Balaban J connectivity index is 0.00000144. The summed E-state index contributed by atoms with van der Waals surface area (Å²) in [7, 11) is 0. The number of carboxylic acid groups (broad SMARTS) is 1. The van der Waals surface area contributed by atoms with Crippen molar-refractivity contribution in [2.24, 2.45) is 0 Å². The van der Waals surface area contributed by atoms with Crippen LogP contribution in [0.3, 0.4) is 0 Å². The number of aryl methyl sites for hydroxylation is 1. The quantitative estimate of drug-likeness (QED) is 0.530. The van der Waals surface area contributed by atoms with Crippen LogP contribution < -0.4 is 34.7 Å². The first-order valence-electron chi connectivity index (χ1n) is 3.61. The maximum atomic E-state index is 10.1. The SMILES string of the molecule is O=C([O-])C(O)CCc1cccs1.[Na+]. The second kappa shape index (κ2) is 6.56. The number of aliphatic carboxylic acids is 1. The van der Waals surface area contributed by atoms with Gasteiger partial charge in [0.1, 0.15) is 0 Å². The minimum absolute atomic E-state index is 0. The summed E-state index contributed by atoms with van der Waals surface area (Å²) < 4.78 is 0. The van der Waals surface area contributed by atoms with Crippen LogP contribution in [0.25, 0.3) is 0 Å². The molecule has 0 aliphatic carbocycles. The van der Waals surface area contributed by atoms with Crippen molar-refractivity contribution < 1.29 is 44.6 Å². The molecule has 1 aromatic rings. The first-order chi connectivity index (χ1) is 5.70. The zero-order valence-corrected chi connectivity index (χ0v) is 10.2. The number of carbonyl (C=O) groups excluding carboxylic acids is 1. The van der Waals surface area contributed by atoms with Crippen LogP contribution in [0.2, 0.25) is 0 Å². The van der Waals surface area contributed by atoms with Crippen LogP contribution in [0.4, 0.5) is 0 Å². The van der Waals surface area contributed by atoms with Crippen molar-refractivity contribution in [2.45, 2.75) is 18.9 Å². The van der Waals surface area contributed by atoms with Gasteiger partial charge in [-0.2, -0.15) is 0 Å². The van der Waals surface area contributed by atoms with Gasteiger partial charge in [-0.25, -0.2) is 0 Å². The zero-order chi connectivity index (χ0) is 8.97. The van der Waals surface area contributed by atoms with Gasteiger partial charge in [0, 0.05) is 4.88 Å². The van der Waals surface area contributed by atoms with Crippen LogP contribution in [-0.4, -0.2) is 17.2 Å². The summed E-state index contributed by atoms with van der Waals surface area (Å²) in [5, 5.41) is 20.9. The smallest absolute Gasteiger partial charge is 0.547 e. The second-order valence-electron chi connectivity index (χ2n) is 2.45. The van der Waals surface area contributed by atoms with Gasteiger partial charge >= 0.3 is 29.6 Å². The third-order valence-corrected chi connectivity index (χ3v) is 2.45. The molecule has 1 heterocycles. The summed E-state index contributed by atoms with van der Waals surface area (Å²) in [6.07, 6.45) is -0.526. The van der Waals surface area contributed by atoms with Crippen molar-refractivity contribution >= 4 is 17.3 Å². The molecule has 13 heavy (non-hydrogen) atoms. The maximum absolute atomic E-state index is 10.1. The van der Waals surface area contributed by atoms with Crippen molar-refractivity contribution in [3.05, 3.63) is 22.4 Å². The first kappa shape index (κ1) is 13.1.